The van der Waals surface area contributed by atoms with Gasteiger partial charge in [0.2, 0.25) is 11.8 Å². The molecule has 0 aliphatic rings. The fourth-order valence-corrected chi connectivity index (χ4v) is 1.70. The first-order chi connectivity index (χ1) is 8.70. The Morgan fingerprint density at radius 2 is 2.11 bits per heavy atom. The van der Waals surface area contributed by atoms with Gasteiger partial charge in [-0.05, 0) is 18.7 Å². The topological polar surface area (TPSA) is 107 Å². The molecule has 1 heterocycles. The number of aromatic nitrogens is 2. The molecule has 1 rings (SSSR count). The van der Waals surface area contributed by atoms with Gasteiger partial charge in [-0.1, -0.05) is 0 Å². The maximum Gasteiger partial charge on any atom is 0.441 e. The maximum atomic E-state index is 11.9. The van der Waals surface area contributed by atoms with Crippen LogP contribution in [0, 0.1) is 17.0 Å². The molecule has 0 atom stereocenters. The maximum absolute atomic E-state index is 11.9. The third-order valence-electron chi connectivity index (χ3n) is 1.92. The van der Waals surface area contributed by atoms with Gasteiger partial charge in [-0.3, -0.25) is 10.1 Å². The molecule has 0 spiro atoms. The van der Waals surface area contributed by atoms with Gasteiger partial charge < -0.3 is 11.1 Å². The zero-order chi connectivity index (χ0) is 14.6. The summed E-state index contributed by atoms with van der Waals surface area (Å²) in [6, 6.07) is 0. The molecule has 1 aromatic heterocycles. The smallest absolute Gasteiger partial charge is 0.368 e. The summed E-state index contributed by atoms with van der Waals surface area (Å²) in [5.74, 6) is -0.671. The summed E-state index contributed by atoms with van der Waals surface area (Å²) in [5, 5.41) is 13.3. The van der Waals surface area contributed by atoms with E-state index in [9.17, 15) is 23.3 Å². The third-order valence-corrected chi connectivity index (χ3v) is 2.65. The van der Waals surface area contributed by atoms with Gasteiger partial charge in [0.15, 0.2) is 0 Å². The van der Waals surface area contributed by atoms with E-state index in [0.29, 0.717) is 0 Å². The SMILES string of the molecule is Cc1nc(N)nc(NCCSC(F)(F)F)c1[N+](=O)[O-]. The number of thioether (sulfide) groups is 1. The van der Waals surface area contributed by atoms with E-state index in [-0.39, 0.29) is 41.5 Å². The van der Waals surface area contributed by atoms with Crippen LogP contribution in [0.25, 0.3) is 0 Å². The second kappa shape index (κ2) is 5.91. The summed E-state index contributed by atoms with van der Waals surface area (Å²) in [6.45, 7) is 1.23. The molecule has 0 saturated carbocycles. The second-order valence-corrected chi connectivity index (χ2v) is 4.50. The number of nitrogen functional groups attached to an aromatic ring is 1. The van der Waals surface area contributed by atoms with Crippen molar-refractivity contribution in [2.24, 2.45) is 0 Å². The Bertz CT molecular complexity index is 482. The molecule has 7 nitrogen and oxygen atoms in total. The Morgan fingerprint density at radius 3 is 2.63 bits per heavy atom. The molecule has 3 N–H and O–H groups in total. The van der Waals surface area contributed by atoms with Crippen molar-refractivity contribution in [1.29, 1.82) is 0 Å². The minimum absolute atomic E-state index is 0.0449. The number of rotatable bonds is 5. The molecule has 19 heavy (non-hydrogen) atoms. The van der Waals surface area contributed by atoms with Gasteiger partial charge in [-0.2, -0.15) is 18.2 Å². The fraction of sp³-hybridized carbons (Fsp3) is 0.500. The zero-order valence-electron chi connectivity index (χ0n) is 9.69. The summed E-state index contributed by atoms with van der Waals surface area (Å²) >= 11 is -0.232. The molecule has 0 aliphatic heterocycles. The minimum Gasteiger partial charge on any atom is -0.368 e. The van der Waals surface area contributed by atoms with Gasteiger partial charge in [-0.25, -0.2) is 4.98 Å². The highest BCUT2D eigenvalue weighted by Crippen LogP contribution is 2.30. The van der Waals surface area contributed by atoms with E-state index in [1.807, 2.05) is 0 Å². The normalized spacial score (nSPS) is 11.4. The fourth-order valence-electron chi connectivity index (χ4n) is 1.27. The highest BCUT2D eigenvalue weighted by molar-refractivity contribution is 8.00. The van der Waals surface area contributed by atoms with E-state index in [0.717, 1.165) is 0 Å². The molecule has 0 aromatic carbocycles. The van der Waals surface area contributed by atoms with E-state index in [1.54, 1.807) is 0 Å². The number of alkyl halides is 3. The van der Waals surface area contributed by atoms with E-state index in [4.69, 9.17) is 5.73 Å². The minimum atomic E-state index is -4.34. The van der Waals surface area contributed by atoms with Gasteiger partial charge in [-0.15, -0.1) is 0 Å². The lowest BCUT2D eigenvalue weighted by Crippen LogP contribution is -2.13. The molecule has 0 saturated heterocycles. The Morgan fingerprint density at radius 1 is 1.47 bits per heavy atom. The number of nitrogens with one attached hydrogen (secondary N) is 1. The molecule has 106 valence electrons. The summed E-state index contributed by atoms with van der Waals surface area (Å²) in [6.07, 6.45) is 0. The highest BCUT2D eigenvalue weighted by atomic mass is 32.2. The lowest BCUT2D eigenvalue weighted by molar-refractivity contribution is -0.385. The molecule has 1 aromatic rings. The van der Waals surface area contributed by atoms with Crippen LogP contribution in [0.4, 0.5) is 30.6 Å². The second-order valence-electron chi connectivity index (χ2n) is 3.34. The van der Waals surface area contributed by atoms with Crippen LogP contribution in [0.15, 0.2) is 0 Å². The summed E-state index contributed by atoms with van der Waals surface area (Å²) < 4.78 is 35.7. The highest BCUT2D eigenvalue weighted by Gasteiger charge is 2.28. The number of halogens is 3. The largest absolute Gasteiger partial charge is 0.441 e. The zero-order valence-corrected chi connectivity index (χ0v) is 10.5. The molecule has 0 fully saturated rings. The predicted molar refractivity (Wildman–Crippen MR) is 64.8 cm³/mol. The van der Waals surface area contributed by atoms with Crippen LogP contribution < -0.4 is 11.1 Å². The third kappa shape index (κ3) is 4.77. The predicted octanol–water partition coefficient (Wildman–Crippen LogP) is 1.94. The molecule has 11 heteroatoms. The van der Waals surface area contributed by atoms with E-state index < -0.39 is 16.1 Å². The molecular weight excluding hydrogens is 287 g/mol. The quantitative estimate of drug-likeness (QED) is 0.486. The Balaban J connectivity index is 2.75. The first-order valence-corrected chi connectivity index (χ1v) is 5.92. The summed E-state index contributed by atoms with van der Waals surface area (Å²) in [5.41, 5.74) is 0.641. The van der Waals surface area contributed by atoms with Gasteiger partial charge in [0, 0.05) is 12.3 Å². The van der Waals surface area contributed by atoms with Crippen molar-refractivity contribution in [3.05, 3.63) is 15.8 Å². The van der Waals surface area contributed by atoms with E-state index >= 15 is 0 Å². The molecule has 0 amide bonds. The van der Waals surface area contributed by atoms with Crippen LogP contribution >= 0.6 is 11.8 Å². The number of hydrogen-bond acceptors (Lipinski definition) is 7. The van der Waals surface area contributed by atoms with Gasteiger partial charge in [0.1, 0.15) is 5.69 Å². The lowest BCUT2D eigenvalue weighted by Gasteiger charge is -2.09. The number of hydrogen-bond donors (Lipinski definition) is 2. The van der Waals surface area contributed by atoms with Crippen LogP contribution in [0.3, 0.4) is 0 Å². The van der Waals surface area contributed by atoms with Crippen molar-refractivity contribution in [2.45, 2.75) is 12.4 Å². The average molecular weight is 297 g/mol. The number of nitrogens with zero attached hydrogens (tertiary/aromatic N) is 3. The number of anilines is 2. The molecule has 0 bridgehead atoms. The molecule has 0 radical (unpaired) electrons. The van der Waals surface area contributed by atoms with Crippen molar-refractivity contribution in [3.8, 4) is 0 Å². The molecule has 0 aliphatic carbocycles. The van der Waals surface area contributed by atoms with Crippen LogP contribution in [-0.2, 0) is 0 Å². The van der Waals surface area contributed by atoms with E-state index in [2.05, 4.69) is 15.3 Å². The monoisotopic (exact) mass is 297 g/mol. The van der Waals surface area contributed by atoms with E-state index in [1.165, 1.54) is 6.92 Å². The molecule has 0 unspecified atom stereocenters. The standard InChI is InChI=1S/C8H10F3N5O2S/c1-4-5(16(17)18)6(15-7(12)14-4)13-2-3-19-8(9,10)11/h2-3H2,1H3,(H3,12,13,14,15). The lowest BCUT2D eigenvalue weighted by atomic mass is 10.3. The average Bonchev–Trinajstić information content (AvgIpc) is 2.21. The van der Waals surface area contributed by atoms with Crippen LogP contribution in [0.1, 0.15) is 5.69 Å². The number of nitrogens with two attached hydrogens (primary N) is 1. The van der Waals surface area contributed by atoms with Gasteiger partial charge >= 0.3 is 11.2 Å². The van der Waals surface area contributed by atoms with Crippen LogP contribution in [0.5, 0.6) is 0 Å². The van der Waals surface area contributed by atoms with Crippen molar-refractivity contribution in [1.82, 2.24) is 9.97 Å². The van der Waals surface area contributed by atoms with Crippen LogP contribution in [-0.4, -0.2) is 32.7 Å². The van der Waals surface area contributed by atoms with Crippen LogP contribution in [0.2, 0.25) is 0 Å². The number of nitro groups is 1. The number of aryl methyl sites for hydroxylation is 1. The summed E-state index contributed by atoms with van der Waals surface area (Å²) in [7, 11) is 0. The van der Waals surface area contributed by atoms with Crippen molar-refractivity contribution >= 4 is 29.2 Å². The van der Waals surface area contributed by atoms with Gasteiger partial charge in [0.05, 0.1) is 4.92 Å². The molecular formula is C8H10F3N5O2S. The van der Waals surface area contributed by atoms with Crippen molar-refractivity contribution in [3.63, 3.8) is 0 Å². The summed E-state index contributed by atoms with van der Waals surface area (Å²) in [4.78, 5) is 17.3. The first-order valence-electron chi connectivity index (χ1n) is 4.94. The Kier molecular flexibility index (Phi) is 4.75. The first kappa shape index (κ1) is 15.3. The van der Waals surface area contributed by atoms with Crippen molar-refractivity contribution < 1.29 is 18.1 Å². The van der Waals surface area contributed by atoms with Crippen molar-refractivity contribution in [2.75, 3.05) is 23.3 Å². The van der Waals surface area contributed by atoms with Gasteiger partial charge in [0.25, 0.3) is 0 Å². The Labute approximate surface area is 109 Å². The Hall–Kier alpha value is -1.78.